The van der Waals surface area contributed by atoms with Gasteiger partial charge in [-0.3, -0.25) is 0 Å². The molecule has 3 aromatic carbocycles. The summed E-state index contributed by atoms with van der Waals surface area (Å²) in [5.41, 5.74) is 10.2. The SMILES string of the molecule is C=CCc1ccc(CCC(O)CNC2(C)Cc3ccc(Cc4ccc(C(=C)C)cc4)cc32)cc1. The van der Waals surface area contributed by atoms with Crippen molar-refractivity contribution >= 4 is 5.57 Å². The quantitative estimate of drug-likeness (QED) is 0.331. The normalized spacial score (nSPS) is 17.5. The van der Waals surface area contributed by atoms with Gasteiger partial charge in [-0.25, -0.2) is 0 Å². The van der Waals surface area contributed by atoms with Crippen molar-refractivity contribution in [1.29, 1.82) is 0 Å². The minimum atomic E-state index is -0.358. The van der Waals surface area contributed by atoms with Crippen LogP contribution in [-0.4, -0.2) is 17.8 Å². The molecule has 2 nitrogen and oxygen atoms in total. The molecule has 0 aliphatic heterocycles. The van der Waals surface area contributed by atoms with Gasteiger partial charge in [0.2, 0.25) is 0 Å². The fraction of sp³-hybridized carbons (Fsp3) is 0.312. The van der Waals surface area contributed by atoms with Crippen LogP contribution in [-0.2, 0) is 31.2 Å². The maximum absolute atomic E-state index is 10.6. The lowest BCUT2D eigenvalue weighted by Gasteiger charge is -2.43. The predicted octanol–water partition coefficient (Wildman–Crippen LogP) is 6.39. The van der Waals surface area contributed by atoms with E-state index < -0.39 is 0 Å². The molecule has 0 saturated heterocycles. The van der Waals surface area contributed by atoms with Crippen LogP contribution in [0.5, 0.6) is 0 Å². The standard InChI is InChI=1S/C32H37NO/c1-5-6-24-7-9-25(10-8-24)14-18-30(34)22-33-32(4)21-29-17-13-27(20-31(29)32)19-26-11-15-28(16-12-26)23(2)3/h5,7-13,15-17,20,30,33-34H,1-2,6,14,18-19,21-22H2,3-4H3. The molecule has 2 heteroatoms. The Morgan fingerprint density at radius 3 is 2.32 bits per heavy atom. The highest BCUT2D eigenvalue weighted by molar-refractivity contribution is 5.61. The van der Waals surface area contributed by atoms with E-state index in [1.54, 1.807) is 0 Å². The van der Waals surface area contributed by atoms with Crippen molar-refractivity contribution in [2.24, 2.45) is 0 Å². The number of allylic oxidation sites excluding steroid dienone is 2. The van der Waals surface area contributed by atoms with Gasteiger partial charge in [-0.2, -0.15) is 0 Å². The van der Waals surface area contributed by atoms with E-state index in [0.29, 0.717) is 6.54 Å². The van der Waals surface area contributed by atoms with Crippen LogP contribution in [0.25, 0.3) is 5.57 Å². The third-order valence-corrected chi connectivity index (χ3v) is 7.06. The Hall–Kier alpha value is -2.94. The lowest BCUT2D eigenvalue weighted by molar-refractivity contribution is 0.142. The number of nitrogens with one attached hydrogen (secondary N) is 1. The second-order valence-electron chi connectivity index (χ2n) is 10.0. The number of fused-ring (bicyclic) bond motifs is 1. The Bertz CT molecular complexity index is 1140. The first-order valence-corrected chi connectivity index (χ1v) is 12.4. The molecule has 1 aliphatic carbocycles. The maximum atomic E-state index is 10.6. The summed E-state index contributed by atoms with van der Waals surface area (Å²) < 4.78 is 0. The van der Waals surface area contributed by atoms with Crippen LogP contribution < -0.4 is 5.32 Å². The van der Waals surface area contributed by atoms with Crippen molar-refractivity contribution < 1.29 is 5.11 Å². The van der Waals surface area contributed by atoms with Gasteiger partial charge in [0.1, 0.15) is 0 Å². The largest absolute Gasteiger partial charge is 0.392 e. The van der Waals surface area contributed by atoms with Gasteiger partial charge in [0.25, 0.3) is 0 Å². The van der Waals surface area contributed by atoms with E-state index in [9.17, 15) is 5.11 Å². The van der Waals surface area contributed by atoms with Crippen LogP contribution in [0.15, 0.2) is 86.0 Å². The molecule has 0 aromatic heterocycles. The molecule has 0 amide bonds. The van der Waals surface area contributed by atoms with E-state index in [-0.39, 0.29) is 11.6 Å². The zero-order valence-corrected chi connectivity index (χ0v) is 20.6. The molecule has 1 aliphatic rings. The van der Waals surface area contributed by atoms with Gasteiger partial charge >= 0.3 is 0 Å². The Balaban J connectivity index is 1.30. The molecule has 0 saturated carbocycles. The smallest absolute Gasteiger partial charge is 0.0668 e. The van der Waals surface area contributed by atoms with Gasteiger partial charge in [-0.05, 0) is 84.9 Å². The minimum absolute atomic E-state index is 0.0670. The van der Waals surface area contributed by atoms with Gasteiger partial charge in [0, 0.05) is 12.1 Å². The zero-order valence-electron chi connectivity index (χ0n) is 20.6. The lowest BCUT2D eigenvalue weighted by atomic mass is 9.71. The summed E-state index contributed by atoms with van der Waals surface area (Å²) in [6.07, 6.45) is 6.05. The fourth-order valence-electron chi connectivity index (χ4n) is 4.86. The summed E-state index contributed by atoms with van der Waals surface area (Å²) in [4.78, 5) is 0. The average Bonchev–Trinajstić information content (AvgIpc) is 2.83. The number of aliphatic hydroxyl groups excluding tert-OH is 1. The Kier molecular flexibility index (Phi) is 7.50. The molecule has 0 fully saturated rings. The van der Waals surface area contributed by atoms with Crippen LogP contribution in [0.4, 0.5) is 0 Å². The summed E-state index contributed by atoms with van der Waals surface area (Å²) in [5.74, 6) is 0. The van der Waals surface area contributed by atoms with E-state index in [1.165, 1.54) is 38.9 Å². The van der Waals surface area contributed by atoms with E-state index in [1.807, 2.05) is 13.0 Å². The zero-order chi connectivity index (χ0) is 24.1. The van der Waals surface area contributed by atoms with Gasteiger partial charge in [0.15, 0.2) is 0 Å². The maximum Gasteiger partial charge on any atom is 0.0668 e. The number of hydrogen-bond acceptors (Lipinski definition) is 2. The lowest BCUT2D eigenvalue weighted by Crippen LogP contribution is -2.51. The van der Waals surface area contributed by atoms with E-state index in [4.69, 9.17) is 0 Å². The molecule has 0 heterocycles. The molecular weight excluding hydrogens is 414 g/mol. The van der Waals surface area contributed by atoms with Crippen molar-refractivity contribution in [2.45, 2.75) is 57.6 Å². The molecule has 0 radical (unpaired) electrons. The predicted molar refractivity (Wildman–Crippen MR) is 144 cm³/mol. The van der Waals surface area contributed by atoms with Gasteiger partial charge in [-0.1, -0.05) is 85.0 Å². The second kappa shape index (κ2) is 10.5. The highest BCUT2D eigenvalue weighted by Crippen LogP contribution is 2.39. The molecular formula is C32H37NO. The van der Waals surface area contributed by atoms with Gasteiger partial charge in [0.05, 0.1) is 6.10 Å². The van der Waals surface area contributed by atoms with Crippen LogP contribution >= 0.6 is 0 Å². The number of hydrogen-bond donors (Lipinski definition) is 2. The van der Waals surface area contributed by atoms with Crippen LogP contribution in [0.1, 0.15) is 59.2 Å². The molecule has 34 heavy (non-hydrogen) atoms. The Morgan fingerprint density at radius 1 is 1.00 bits per heavy atom. The fourth-order valence-corrected chi connectivity index (χ4v) is 4.86. The van der Waals surface area contributed by atoms with Crippen molar-refractivity contribution in [3.8, 4) is 0 Å². The summed E-state index contributed by atoms with van der Waals surface area (Å²) >= 11 is 0. The van der Waals surface area contributed by atoms with Crippen LogP contribution in [0, 0.1) is 0 Å². The molecule has 0 bridgehead atoms. The molecule has 3 aromatic rings. The van der Waals surface area contributed by atoms with Crippen molar-refractivity contribution in [3.63, 3.8) is 0 Å². The minimum Gasteiger partial charge on any atom is -0.392 e. The van der Waals surface area contributed by atoms with Crippen LogP contribution in [0.2, 0.25) is 0 Å². The molecule has 176 valence electrons. The van der Waals surface area contributed by atoms with E-state index in [0.717, 1.165) is 37.7 Å². The topological polar surface area (TPSA) is 32.3 Å². The summed E-state index contributed by atoms with van der Waals surface area (Å²) in [6, 6.07) is 24.2. The molecule has 2 N–H and O–H groups in total. The summed E-state index contributed by atoms with van der Waals surface area (Å²) in [6.45, 7) is 12.7. The molecule has 2 unspecified atom stereocenters. The molecule has 4 rings (SSSR count). The first-order valence-electron chi connectivity index (χ1n) is 12.4. The average molecular weight is 452 g/mol. The Labute approximate surface area is 205 Å². The van der Waals surface area contributed by atoms with E-state index in [2.05, 4.69) is 92.1 Å². The Morgan fingerprint density at radius 2 is 1.65 bits per heavy atom. The van der Waals surface area contributed by atoms with Crippen molar-refractivity contribution in [3.05, 3.63) is 125 Å². The van der Waals surface area contributed by atoms with Crippen molar-refractivity contribution in [1.82, 2.24) is 5.32 Å². The van der Waals surface area contributed by atoms with Crippen LogP contribution in [0.3, 0.4) is 0 Å². The van der Waals surface area contributed by atoms with Crippen molar-refractivity contribution in [2.75, 3.05) is 6.54 Å². The molecule has 2 atom stereocenters. The third kappa shape index (κ3) is 5.75. The molecule has 0 spiro atoms. The third-order valence-electron chi connectivity index (χ3n) is 7.06. The second-order valence-corrected chi connectivity index (χ2v) is 10.0. The number of rotatable bonds is 11. The number of aryl methyl sites for hydroxylation is 1. The highest BCUT2D eigenvalue weighted by Gasteiger charge is 2.38. The van der Waals surface area contributed by atoms with Gasteiger partial charge in [-0.15, -0.1) is 6.58 Å². The monoisotopic (exact) mass is 451 g/mol. The first kappa shape index (κ1) is 24.2. The highest BCUT2D eigenvalue weighted by atomic mass is 16.3. The van der Waals surface area contributed by atoms with E-state index >= 15 is 0 Å². The summed E-state index contributed by atoms with van der Waals surface area (Å²) in [5, 5.41) is 14.3. The summed E-state index contributed by atoms with van der Waals surface area (Å²) in [7, 11) is 0. The van der Waals surface area contributed by atoms with Gasteiger partial charge < -0.3 is 10.4 Å². The number of aliphatic hydroxyl groups is 1. The number of benzene rings is 3. The first-order chi connectivity index (χ1) is 16.4.